The fraction of sp³-hybridized carbons (Fsp3) is 0.929. The predicted octanol–water partition coefficient (Wildman–Crippen LogP) is 3.44. The van der Waals surface area contributed by atoms with Gasteiger partial charge >= 0.3 is 0 Å². The first-order valence-electron chi connectivity index (χ1n) is 7.07. The summed E-state index contributed by atoms with van der Waals surface area (Å²) in [5, 5.41) is 6.98. The molecule has 0 aromatic rings. The minimum absolute atomic E-state index is 0.505. The highest BCUT2D eigenvalue weighted by atomic mass is 16.5. The van der Waals surface area contributed by atoms with Gasteiger partial charge in [-0.2, -0.15) is 5.10 Å². The molecule has 1 saturated heterocycles. The van der Waals surface area contributed by atoms with Crippen molar-refractivity contribution in [3.05, 3.63) is 0 Å². The number of hydrogen-bond acceptors (Lipinski definition) is 3. The van der Waals surface area contributed by atoms with E-state index in [0.29, 0.717) is 6.04 Å². The Kier molecular flexibility index (Phi) is 7.25. The molecule has 0 amide bonds. The first-order valence-corrected chi connectivity index (χ1v) is 7.07. The molecule has 0 aromatic heterocycles. The van der Waals surface area contributed by atoms with E-state index in [0.717, 1.165) is 19.6 Å². The highest BCUT2D eigenvalue weighted by molar-refractivity contribution is 5.81. The monoisotopic (exact) mass is 240 g/mol. The van der Waals surface area contributed by atoms with Gasteiger partial charge in [-0.15, -0.1) is 0 Å². The Morgan fingerprint density at radius 1 is 1.35 bits per heavy atom. The van der Waals surface area contributed by atoms with Crippen LogP contribution in [0, 0.1) is 0 Å². The van der Waals surface area contributed by atoms with Crippen LogP contribution in [0.2, 0.25) is 0 Å². The van der Waals surface area contributed by atoms with Gasteiger partial charge in [0.25, 0.3) is 0 Å². The molecule has 0 bridgehead atoms. The molecule has 3 heteroatoms. The third kappa shape index (κ3) is 5.53. The number of ether oxygens (including phenoxy) is 1. The highest BCUT2D eigenvalue weighted by Crippen LogP contribution is 2.18. The summed E-state index contributed by atoms with van der Waals surface area (Å²) in [7, 11) is 1.78. The average Bonchev–Trinajstić information content (AvgIpc) is 2.73. The molecule has 3 nitrogen and oxygen atoms in total. The fourth-order valence-electron chi connectivity index (χ4n) is 2.39. The smallest absolute Gasteiger partial charge is 0.0704 e. The van der Waals surface area contributed by atoms with Crippen LogP contribution < -0.4 is 0 Å². The first-order chi connectivity index (χ1) is 8.27. The second-order valence-electron chi connectivity index (χ2n) is 5.06. The molecule has 100 valence electrons. The molecule has 0 spiro atoms. The summed E-state index contributed by atoms with van der Waals surface area (Å²) in [6.45, 7) is 6.32. The molecule has 1 aliphatic rings. The summed E-state index contributed by atoms with van der Waals surface area (Å²) in [6.07, 6.45) is 8.90. The summed E-state index contributed by atoms with van der Waals surface area (Å²) in [6, 6.07) is 0.505. The van der Waals surface area contributed by atoms with E-state index >= 15 is 0 Å². The van der Waals surface area contributed by atoms with E-state index < -0.39 is 0 Å². The Bertz CT molecular complexity index is 228. The molecule has 0 aromatic carbocycles. The number of hydrogen-bond donors (Lipinski definition) is 0. The van der Waals surface area contributed by atoms with Crippen molar-refractivity contribution in [3.8, 4) is 0 Å². The van der Waals surface area contributed by atoms with Crippen molar-refractivity contribution >= 4 is 5.71 Å². The summed E-state index contributed by atoms with van der Waals surface area (Å²) in [4.78, 5) is 0. The third-order valence-corrected chi connectivity index (χ3v) is 3.40. The molecule has 1 atom stereocenters. The van der Waals surface area contributed by atoms with Crippen molar-refractivity contribution in [1.29, 1.82) is 0 Å². The van der Waals surface area contributed by atoms with Crippen molar-refractivity contribution in [1.82, 2.24) is 5.01 Å². The predicted molar refractivity (Wildman–Crippen MR) is 73.5 cm³/mol. The Labute approximate surface area is 106 Å². The van der Waals surface area contributed by atoms with Gasteiger partial charge in [-0.25, -0.2) is 0 Å². The number of rotatable bonds is 8. The first kappa shape index (κ1) is 14.5. The van der Waals surface area contributed by atoms with Crippen LogP contribution in [0.15, 0.2) is 5.10 Å². The van der Waals surface area contributed by atoms with Gasteiger partial charge in [0, 0.05) is 19.4 Å². The van der Waals surface area contributed by atoms with E-state index in [4.69, 9.17) is 9.84 Å². The standard InChI is InChI=1S/C14H28N2O/c1-4-5-6-7-9-13(2)15-16-11-8-10-14(16)12-17-3/h14H,4-12H2,1-3H3/t14-/m0/s1. The lowest BCUT2D eigenvalue weighted by Gasteiger charge is -2.21. The van der Waals surface area contributed by atoms with Crippen LogP contribution in [0.4, 0.5) is 0 Å². The lowest BCUT2D eigenvalue weighted by Crippen LogP contribution is -2.29. The molecule has 1 fully saturated rings. The van der Waals surface area contributed by atoms with Gasteiger partial charge in [-0.3, -0.25) is 5.01 Å². The fourth-order valence-corrected chi connectivity index (χ4v) is 2.39. The summed E-state index contributed by atoms with van der Waals surface area (Å²) >= 11 is 0. The topological polar surface area (TPSA) is 24.8 Å². The molecule has 17 heavy (non-hydrogen) atoms. The van der Waals surface area contributed by atoms with Gasteiger partial charge in [-0.1, -0.05) is 26.2 Å². The number of unbranched alkanes of at least 4 members (excludes halogenated alkanes) is 3. The van der Waals surface area contributed by atoms with Gasteiger partial charge in [0.15, 0.2) is 0 Å². The lowest BCUT2D eigenvalue weighted by molar-refractivity contribution is 0.117. The van der Waals surface area contributed by atoms with E-state index in [9.17, 15) is 0 Å². The summed E-state index contributed by atoms with van der Waals surface area (Å²) < 4.78 is 5.24. The van der Waals surface area contributed by atoms with Crippen molar-refractivity contribution in [3.63, 3.8) is 0 Å². The van der Waals surface area contributed by atoms with Gasteiger partial charge < -0.3 is 4.74 Å². The molecule has 0 unspecified atom stereocenters. The molecule has 0 saturated carbocycles. The van der Waals surface area contributed by atoms with E-state index in [1.54, 1.807) is 7.11 Å². The minimum atomic E-state index is 0.505. The van der Waals surface area contributed by atoms with Crippen LogP contribution in [0.1, 0.15) is 58.8 Å². The quantitative estimate of drug-likeness (QED) is 0.479. The second-order valence-corrected chi connectivity index (χ2v) is 5.06. The van der Waals surface area contributed by atoms with Gasteiger partial charge in [0.2, 0.25) is 0 Å². The van der Waals surface area contributed by atoms with Crippen LogP contribution in [-0.4, -0.2) is 37.0 Å². The van der Waals surface area contributed by atoms with Crippen LogP contribution >= 0.6 is 0 Å². The Morgan fingerprint density at radius 2 is 2.18 bits per heavy atom. The zero-order chi connectivity index (χ0) is 12.5. The van der Waals surface area contributed by atoms with Gasteiger partial charge in [0.1, 0.15) is 0 Å². The number of hydrazone groups is 1. The summed E-state index contributed by atoms with van der Waals surface area (Å²) in [5.41, 5.74) is 1.28. The molecular formula is C14H28N2O. The van der Waals surface area contributed by atoms with Crippen molar-refractivity contribution < 1.29 is 4.74 Å². The maximum Gasteiger partial charge on any atom is 0.0704 e. The van der Waals surface area contributed by atoms with Crippen molar-refractivity contribution in [2.24, 2.45) is 5.10 Å². The number of methoxy groups -OCH3 is 1. The summed E-state index contributed by atoms with van der Waals surface area (Å²) in [5.74, 6) is 0. The maximum absolute atomic E-state index is 5.24. The Hall–Kier alpha value is -0.570. The molecule has 1 aliphatic heterocycles. The molecule has 1 rings (SSSR count). The lowest BCUT2D eigenvalue weighted by atomic mass is 10.1. The van der Waals surface area contributed by atoms with E-state index in [1.807, 2.05) is 0 Å². The normalized spacial score (nSPS) is 21.2. The van der Waals surface area contributed by atoms with E-state index in [1.165, 1.54) is 44.2 Å². The Morgan fingerprint density at radius 3 is 2.88 bits per heavy atom. The van der Waals surface area contributed by atoms with Crippen LogP contribution in [0.25, 0.3) is 0 Å². The van der Waals surface area contributed by atoms with Crippen LogP contribution in [-0.2, 0) is 4.74 Å². The van der Waals surface area contributed by atoms with Crippen molar-refractivity contribution in [2.75, 3.05) is 20.3 Å². The van der Waals surface area contributed by atoms with Gasteiger partial charge in [-0.05, 0) is 32.6 Å². The third-order valence-electron chi connectivity index (χ3n) is 3.40. The molecule has 0 N–H and O–H groups in total. The maximum atomic E-state index is 5.24. The largest absolute Gasteiger partial charge is 0.382 e. The molecule has 0 aliphatic carbocycles. The SMILES string of the molecule is CCCCCCC(C)=NN1CCC[C@H]1COC. The number of nitrogens with zero attached hydrogens (tertiary/aromatic N) is 2. The van der Waals surface area contributed by atoms with E-state index in [-0.39, 0.29) is 0 Å². The van der Waals surface area contributed by atoms with Gasteiger partial charge in [0.05, 0.1) is 12.6 Å². The zero-order valence-electron chi connectivity index (χ0n) is 11.7. The van der Waals surface area contributed by atoms with Crippen molar-refractivity contribution in [2.45, 2.75) is 64.8 Å². The van der Waals surface area contributed by atoms with Crippen LogP contribution in [0.5, 0.6) is 0 Å². The minimum Gasteiger partial charge on any atom is -0.382 e. The Balaban J connectivity index is 2.28. The molecule has 0 radical (unpaired) electrons. The van der Waals surface area contributed by atoms with E-state index in [2.05, 4.69) is 18.9 Å². The zero-order valence-corrected chi connectivity index (χ0v) is 11.7. The highest BCUT2D eigenvalue weighted by Gasteiger charge is 2.22. The average molecular weight is 240 g/mol. The second kappa shape index (κ2) is 8.51. The molecule has 1 heterocycles. The molecular weight excluding hydrogens is 212 g/mol. The van der Waals surface area contributed by atoms with Crippen LogP contribution in [0.3, 0.4) is 0 Å².